The molecule has 0 radical (unpaired) electrons. The SMILES string of the molecule is CN(C)C1CCCN(C(=O)C2CC(=O)N(c3ccc4c(c3)OCCO4)C2)CC1. The minimum absolute atomic E-state index is 0.00369. The molecule has 2 saturated heterocycles. The smallest absolute Gasteiger partial charge is 0.228 e. The molecule has 152 valence electrons. The predicted octanol–water partition coefficient (Wildman–Crippen LogP) is 1.75. The highest BCUT2D eigenvalue weighted by Gasteiger charge is 2.38. The number of carbonyl (C=O) groups excluding carboxylic acids is 2. The van der Waals surface area contributed by atoms with Gasteiger partial charge in [0.05, 0.1) is 5.92 Å². The normalized spacial score (nSPS) is 25.2. The molecule has 3 aliphatic heterocycles. The predicted molar refractivity (Wildman–Crippen MR) is 106 cm³/mol. The fourth-order valence-corrected chi connectivity index (χ4v) is 4.40. The van der Waals surface area contributed by atoms with Gasteiger partial charge in [-0.25, -0.2) is 0 Å². The number of amides is 2. The van der Waals surface area contributed by atoms with Gasteiger partial charge in [0, 0.05) is 43.9 Å². The van der Waals surface area contributed by atoms with Crippen molar-refractivity contribution in [2.45, 2.75) is 31.7 Å². The molecule has 2 amide bonds. The Balaban J connectivity index is 1.42. The van der Waals surface area contributed by atoms with Crippen LogP contribution in [-0.2, 0) is 9.59 Å². The third kappa shape index (κ3) is 3.81. The summed E-state index contributed by atoms with van der Waals surface area (Å²) in [7, 11) is 4.20. The lowest BCUT2D eigenvalue weighted by atomic mass is 10.1. The van der Waals surface area contributed by atoms with Gasteiger partial charge in [-0.05, 0) is 45.5 Å². The van der Waals surface area contributed by atoms with Crippen molar-refractivity contribution < 1.29 is 19.1 Å². The number of hydrogen-bond acceptors (Lipinski definition) is 5. The number of rotatable bonds is 3. The van der Waals surface area contributed by atoms with Crippen molar-refractivity contribution in [1.29, 1.82) is 0 Å². The Hall–Kier alpha value is -2.28. The van der Waals surface area contributed by atoms with Gasteiger partial charge in [-0.1, -0.05) is 0 Å². The largest absolute Gasteiger partial charge is 0.486 e. The van der Waals surface area contributed by atoms with E-state index in [9.17, 15) is 9.59 Å². The van der Waals surface area contributed by atoms with Crippen LogP contribution in [0.1, 0.15) is 25.7 Å². The molecule has 1 aromatic carbocycles. The molecule has 2 unspecified atom stereocenters. The molecule has 2 fully saturated rings. The van der Waals surface area contributed by atoms with Crippen LogP contribution < -0.4 is 14.4 Å². The van der Waals surface area contributed by atoms with Gasteiger partial charge in [0.1, 0.15) is 13.2 Å². The maximum Gasteiger partial charge on any atom is 0.228 e. The molecule has 2 atom stereocenters. The van der Waals surface area contributed by atoms with Crippen molar-refractivity contribution in [2.75, 3.05) is 51.8 Å². The van der Waals surface area contributed by atoms with Gasteiger partial charge in [-0.15, -0.1) is 0 Å². The molecular weight excluding hydrogens is 358 g/mol. The van der Waals surface area contributed by atoms with Gasteiger partial charge in [0.25, 0.3) is 0 Å². The second-order valence-electron chi connectivity index (χ2n) is 8.11. The molecule has 1 aromatic rings. The highest BCUT2D eigenvalue weighted by atomic mass is 16.6. The van der Waals surface area contributed by atoms with Gasteiger partial charge in [-0.2, -0.15) is 0 Å². The van der Waals surface area contributed by atoms with E-state index in [1.165, 1.54) is 0 Å². The highest BCUT2D eigenvalue weighted by Crippen LogP contribution is 2.36. The van der Waals surface area contributed by atoms with E-state index in [-0.39, 0.29) is 24.2 Å². The summed E-state index contributed by atoms with van der Waals surface area (Å²) in [6.45, 7) is 3.05. The van der Waals surface area contributed by atoms with Gasteiger partial charge in [0.15, 0.2) is 11.5 Å². The summed E-state index contributed by atoms with van der Waals surface area (Å²) < 4.78 is 11.2. The van der Waals surface area contributed by atoms with Crippen molar-refractivity contribution in [2.24, 2.45) is 5.92 Å². The van der Waals surface area contributed by atoms with Crippen molar-refractivity contribution in [3.8, 4) is 11.5 Å². The number of likely N-dealkylation sites (tertiary alicyclic amines) is 1. The van der Waals surface area contributed by atoms with Crippen LogP contribution in [0.15, 0.2) is 18.2 Å². The summed E-state index contributed by atoms with van der Waals surface area (Å²) in [5.41, 5.74) is 0.771. The fourth-order valence-electron chi connectivity index (χ4n) is 4.40. The minimum Gasteiger partial charge on any atom is -0.486 e. The fraction of sp³-hybridized carbons (Fsp3) is 0.619. The summed E-state index contributed by atoms with van der Waals surface area (Å²) in [4.78, 5) is 31.6. The van der Waals surface area contributed by atoms with Gasteiger partial charge < -0.3 is 24.2 Å². The lowest BCUT2D eigenvalue weighted by Gasteiger charge is -2.25. The first-order valence-corrected chi connectivity index (χ1v) is 10.2. The average molecular weight is 387 g/mol. The zero-order chi connectivity index (χ0) is 19.7. The lowest BCUT2D eigenvalue weighted by Crippen LogP contribution is -2.38. The van der Waals surface area contributed by atoms with E-state index in [4.69, 9.17) is 9.47 Å². The van der Waals surface area contributed by atoms with Crippen molar-refractivity contribution in [1.82, 2.24) is 9.80 Å². The number of nitrogens with zero attached hydrogens (tertiary/aromatic N) is 3. The lowest BCUT2D eigenvalue weighted by molar-refractivity contribution is -0.135. The summed E-state index contributed by atoms with van der Waals surface area (Å²) in [6.07, 6.45) is 3.40. The number of hydrogen-bond donors (Lipinski definition) is 0. The number of ether oxygens (including phenoxy) is 2. The molecule has 0 N–H and O–H groups in total. The van der Waals surface area contributed by atoms with Crippen LogP contribution in [0, 0.1) is 5.92 Å². The average Bonchev–Trinajstić information content (AvgIpc) is 2.92. The summed E-state index contributed by atoms with van der Waals surface area (Å²) in [5, 5.41) is 0. The number of anilines is 1. The molecule has 0 aromatic heterocycles. The molecule has 3 heterocycles. The second-order valence-corrected chi connectivity index (χ2v) is 8.11. The monoisotopic (exact) mass is 387 g/mol. The molecule has 3 aliphatic rings. The van der Waals surface area contributed by atoms with Crippen LogP contribution in [0.4, 0.5) is 5.69 Å². The summed E-state index contributed by atoms with van der Waals surface area (Å²) in [5.74, 6) is 1.21. The van der Waals surface area contributed by atoms with Crippen LogP contribution >= 0.6 is 0 Å². The van der Waals surface area contributed by atoms with Gasteiger partial charge in [-0.3, -0.25) is 9.59 Å². The van der Waals surface area contributed by atoms with E-state index >= 15 is 0 Å². The Bertz CT molecular complexity index is 751. The molecule has 7 nitrogen and oxygen atoms in total. The van der Waals surface area contributed by atoms with Gasteiger partial charge in [0.2, 0.25) is 11.8 Å². The number of benzene rings is 1. The van der Waals surface area contributed by atoms with E-state index in [1.807, 2.05) is 23.1 Å². The van der Waals surface area contributed by atoms with Crippen LogP contribution in [0.3, 0.4) is 0 Å². The van der Waals surface area contributed by atoms with Crippen molar-refractivity contribution in [3.63, 3.8) is 0 Å². The molecule has 0 saturated carbocycles. The number of fused-ring (bicyclic) bond motifs is 1. The van der Waals surface area contributed by atoms with Crippen LogP contribution in [0.5, 0.6) is 11.5 Å². The third-order valence-electron chi connectivity index (χ3n) is 6.05. The maximum atomic E-state index is 13.1. The molecule has 7 heteroatoms. The Morgan fingerprint density at radius 2 is 1.89 bits per heavy atom. The van der Waals surface area contributed by atoms with Crippen molar-refractivity contribution in [3.05, 3.63) is 18.2 Å². The van der Waals surface area contributed by atoms with E-state index < -0.39 is 0 Å². The van der Waals surface area contributed by atoms with E-state index in [0.29, 0.717) is 37.3 Å². The molecule has 4 rings (SSSR count). The van der Waals surface area contributed by atoms with Crippen LogP contribution in [0.2, 0.25) is 0 Å². The Labute approximate surface area is 166 Å². The Morgan fingerprint density at radius 3 is 2.68 bits per heavy atom. The summed E-state index contributed by atoms with van der Waals surface area (Å²) >= 11 is 0. The van der Waals surface area contributed by atoms with Gasteiger partial charge >= 0.3 is 0 Å². The standard InChI is InChI=1S/C21H29N3O4/c1-22(2)16-4-3-8-23(9-7-16)21(26)15-12-20(25)24(14-15)17-5-6-18-19(13-17)28-11-10-27-18/h5-6,13,15-16H,3-4,7-12,14H2,1-2H3. The quantitative estimate of drug-likeness (QED) is 0.791. The molecule has 0 bridgehead atoms. The second kappa shape index (κ2) is 7.99. The summed E-state index contributed by atoms with van der Waals surface area (Å²) in [6, 6.07) is 6.07. The first-order valence-electron chi connectivity index (χ1n) is 10.2. The molecule has 28 heavy (non-hydrogen) atoms. The van der Waals surface area contributed by atoms with E-state index in [1.54, 1.807) is 4.90 Å². The zero-order valence-electron chi connectivity index (χ0n) is 16.7. The minimum atomic E-state index is -0.267. The van der Waals surface area contributed by atoms with E-state index in [2.05, 4.69) is 19.0 Å². The Morgan fingerprint density at radius 1 is 1.11 bits per heavy atom. The zero-order valence-corrected chi connectivity index (χ0v) is 16.7. The topological polar surface area (TPSA) is 62.3 Å². The highest BCUT2D eigenvalue weighted by molar-refractivity contribution is 6.00. The number of carbonyl (C=O) groups is 2. The Kier molecular flexibility index (Phi) is 5.44. The van der Waals surface area contributed by atoms with Crippen LogP contribution in [-0.4, -0.2) is 74.6 Å². The van der Waals surface area contributed by atoms with Crippen molar-refractivity contribution >= 4 is 17.5 Å². The maximum absolute atomic E-state index is 13.1. The molecule has 0 spiro atoms. The molecule has 0 aliphatic carbocycles. The first-order chi connectivity index (χ1) is 13.5. The third-order valence-corrected chi connectivity index (χ3v) is 6.05. The molecular formula is C21H29N3O4. The first kappa shape index (κ1) is 19.1. The van der Waals surface area contributed by atoms with E-state index in [0.717, 1.165) is 38.0 Å². The van der Waals surface area contributed by atoms with Crippen LogP contribution in [0.25, 0.3) is 0 Å².